The SMILES string of the molecule is CC(C(=O)NCCON=C(N)N)c1ccc(NS(=O)(=O)c2cc(C(F)(F)F)ccc2Cl)c(=O)n1OC(=O)C(F)(F)F. The van der Waals surface area contributed by atoms with E-state index < -0.39 is 78.6 Å². The second kappa shape index (κ2) is 12.5. The topological polar surface area (TPSA) is 197 Å². The highest BCUT2D eigenvalue weighted by atomic mass is 35.5. The van der Waals surface area contributed by atoms with E-state index in [1.807, 2.05) is 0 Å². The van der Waals surface area contributed by atoms with E-state index in [1.54, 1.807) is 4.72 Å². The molecule has 1 amide bonds. The number of pyridine rings is 1. The van der Waals surface area contributed by atoms with Crippen molar-refractivity contribution in [2.24, 2.45) is 16.6 Å². The van der Waals surface area contributed by atoms with Gasteiger partial charge < -0.3 is 26.5 Å². The number of carbonyl (C=O) groups is 2. The number of nitrogens with zero attached hydrogens (tertiary/aromatic N) is 2. The Bertz CT molecular complexity index is 1510. The Balaban J connectivity index is 2.49. The van der Waals surface area contributed by atoms with E-state index in [4.69, 9.17) is 23.1 Å². The fourth-order valence-electron chi connectivity index (χ4n) is 2.87. The lowest BCUT2D eigenvalue weighted by atomic mass is 10.1. The lowest BCUT2D eigenvalue weighted by molar-refractivity contribution is -0.200. The molecule has 1 heterocycles. The Labute approximate surface area is 231 Å². The first-order chi connectivity index (χ1) is 18.8. The van der Waals surface area contributed by atoms with Gasteiger partial charge in [0.05, 0.1) is 28.7 Å². The number of amides is 1. The first-order valence-corrected chi connectivity index (χ1v) is 12.6. The summed E-state index contributed by atoms with van der Waals surface area (Å²) >= 11 is 5.73. The molecule has 6 N–H and O–H groups in total. The minimum absolute atomic E-state index is 0.157. The summed E-state index contributed by atoms with van der Waals surface area (Å²) in [6.07, 6.45) is -10.6. The van der Waals surface area contributed by atoms with Crippen molar-refractivity contribution in [1.29, 1.82) is 0 Å². The van der Waals surface area contributed by atoms with Crippen molar-refractivity contribution in [2.75, 3.05) is 17.9 Å². The molecule has 0 saturated carbocycles. The maximum atomic E-state index is 13.1. The van der Waals surface area contributed by atoms with Crippen molar-refractivity contribution < 1.29 is 54.0 Å². The number of hydrogen-bond donors (Lipinski definition) is 4. The molecule has 21 heteroatoms. The van der Waals surface area contributed by atoms with Crippen LogP contribution in [0.3, 0.4) is 0 Å². The minimum atomic E-state index is -5.63. The molecule has 226 valence electrons. The maximum Gasteiger partial charge on any atom is 0.493 e. The Morgan fingerprint density at radius 1 is 1.12 bits per heavy atom. The normalized spacial score (nSPS) is 12.7. The molecule has 1 aromatic heterocycles. The quantitative estimate of drug-likeness (QED) is 0.0975. The number of anilines is 1. The Morgan fingerprint density at radius 3 is 2.32 bits per heavy atom. The molecule has 41 heavy (non-hydrogen) atoms. The zero-order valence-electron chi connectivity index (χ0n) is 20.3. The van der Waals surface area contributed by atoms with Gasteiger partial charge in [0.1, 0.15) is 17.2 Å². The van der Waals surface area contributed by atoms with Crippen LogP contribution in [0, 0.1) is 0 Å². The van der Waals surface area contributed by atoms with Gasteiger partial charge in [-0.15, -0.1) is 4.73 Å². The van der Waals surface area contributed by atoms with Gasteiger partial charge >= 0.3 is 23.9 Å². The molecule has 0 saturated heterocycles. The molecule has 2 rings (SSSR count). The Morgan fingerprint density at radius 2 is 1.76 bits per heavy atom. The number of nitrogens with one attached hydrogen (secondary N) is 2. The van der Waals surface area contributed by atoms with E-state index in [2.05, 4.69) is 20.1 Å². The van der Waals surface area contributed by atoms with Crippen LogP contribution in [0.2, 0.25) is 5.02 Å². The van der Waals surface area contributed by atoms with Crippen LogP contribution >= 0.6 is 11.6 Å². The van der Waals surface area contributed by atoms with E-state index in [0.29, 0.717) is 18.2 Å². The number of sulfonamides is 1. The van der Waals surface area contributed by atoms with E-state index in [9.17, 15) is 49.1 Å². The van der Waals surface area contributed by atoms with Crippen molar-refractivity contribution >= 4 is 45.1 Å². The van der Waals surface area contributed by atoms with Crippen molar-refractivity contribution in [1.82, 2.24) is 10.0 Å². The first-order valence-electron chi connectivity index (χ1n) is 10.7. The fourth-order valence-corrected chi connectivity index (χ4v) is 4.46. The third-order valence-electron chi connectivity index (χ3n) is 4.77. The molecule has 0 radical (unpaired) electrons. The van der Waals surface area contributed by atoms with Gasteiger partial charge in [-0.25, -0.2) is 13.2 Å². The van der Waals surface area contributed by atoms with Gasteiger partial charge in [-0.2, -0.15) is 26.3 Å². The van der Waals surface area contributed by atoms with Crippen LogP contribution in [0.5, 0.6) is 0 Å². The summed E-state index contributed by atoms with van der Waals surface area (Å²) in [6, 6.07) is 2.70. The highest BCUT2D eigenvalue weighted by molar-refractivity contribution is 7.92. The molecule has 0 spiro atoms. The van der Waals surface area contributed by atoms with Crippen LogP contribution in [0.15, 0.2) is 45.2 Å². The highest BCUT2D eigenvalue weighted by Crippen LogP contribution is 2.34. The van der Waals surface area contributed by atoms with Crippen LogP contribution in [0.1, 0.15) is 24.1 Å². The average molecular weight is 637 g/mol. The van der Waals surface area contributed by atoms with Gasteiger partial charge in [-0.05, 0) is 42.4 Å². The second-order valence-electron chi connectivity index (χ2n) is 7.76. The molecule has 1 unspecified atom stereocenters. The van der Waals surface area contributed by atoms with Crippen LogP contribution < -0.4 is 31.9 Å². The third kappa shape index (κ3) is 8.64. The molecule has 2 aromatic rings. The number of guanidine groups is 1. The van der Waals surface area contributed by atoms with Gasteiger partial charge in [0.25, 0.3) is 10.0 Å². The van der Waals surface area contributed by atoms with Gasteiger partial charge in [-0.3, -0.25) is 14.3 Å². The lowest BCUT2D eigenvalue weighted by Gasteiger charge is -2.19. The molecule has 13 nitrogen and oxygen atoms in total. The number of aromatic nitrogens is 1. The summed E-state index contributed by atoms with van der Waals surface area (Å²) < 4.78 is 105. The molecule has 0 aliphatic heterocycles. The summed E-state index contributed by atoms with van der Waals surface area (Å²) in [6.45, 7) is 0.596. The number of alkyl halides is 6. The zero-order chi connectivity index (χ0) is 31.3. The van der Waals surface area contributed by atoms with Gasteiger partial charge in [0, 0.05) is 0 Å². The maximum absolute atomic E-state index is 13.1. The monoisotopic (exact) mass is 636 g/mol. The summed E-state index contributed by atoms with van der Waals surface area (Å²) in [5.41, 5.74) is 5.20. The predicted molar refractivity (Wildman–Crippen MR) is 129 cm³/mol. The summed E-state index contributed by atoms with van der Waals surface area (Å²) in [5.74, 6) is -5.78. The number of nitrogens with two attached hydrogens (primary N) is 2. The van der Waals surface area contributed by atoms with Gasteiger partial charge in [-0.1, -0.05) is 11.6 Å². The standard InChI is InChI=1S/C20H19ClF6N6O7S/c1-9(15(34)30-6-7-39-31-18(28)29)13-5-4-12(16(35)33(13)40-17(36)20(25,26)27)32-41(37,38)14-8-10(19(22,23)24)2-3-11(14)21/h2-5,8-9,32H,6-7H2,1H3,(H,30,34)(H4,28,29,31). The van der Waals surface area contributed by atoms with Crippen LogP contribution in [-0.4, -0.2) is 50.3 Å². The number of hydrogen-bond acceptors (Lipinski definition) is 8. The molecule has 1 aromatic carbocycles. The van der Waals surface area contributed by atoms with Crippen molar-refractivity contribution in [3.05, 3.63) is 57.0 Å². The van der Waals surface area contributed by atoms with Gasteiger partial charge in [0.2, 0.25) is 11.9 Å². The molecule has 0 aliphatic rings. The minimum Gasteiger partial charge on any atom is -0.391 e. The highest BCUT2D eigenvalue weighted by Gasteiger charge is 2.43. The number of rotatable bonds is 10. The fraction of sp³-hybridized carbons (Fsp3) is 0.300. The van der Waals surface area contributed by atoms with E-state index >= 15 is 0 Å². The summed E-state index contributed by atoms with van der Waals surface area (Å²) in [7, 11) is -5.08. The molecule has 0 bridgehead atoms. The third-order valence-corrected chi connectivity index (χ3v) is 6.61. The van der Waals surface area contributed by atoms with E-state index in [1.165, 1.54) is 0 Å². The average Bonchev–Trinajstić information content (AvgIpc) is 2.84. The van der Waals surface area contributed by atoms with E-state index in [-0.39, 0.29) is 23.9 Å². The van der Waals surface area contributed by atoms with Crippen molar-refractivity contribution in [3.63, 3.8) is 0 Å². The van der Waals surface area contributed by atoms with Crippen molar-refractivity contribution in [3.8, 4) is 0 Å². The molecule has 0 fully saturated rings. The zero-order valence-corrected chi connectivity index (χ0v) is 21.9. The van der Waals surface area contributed by atoms with Gasteiger partial charge in [0.15, 0.2) is 0 Å². The predicted octanol–water partition coefficient (Wildman–Crippen LogP) is 1.26. The summed E-state index contributed by atoms with van der Waals surface area (Å²) in [4.78, 5) is 44.6. The van der Waals surface area contributed by atoms with Crippen LogP contribution in [0.25, 0.3) is 0 Å². The molecular weight excluding hydrogens is 618 g/mol. The Kier molecular flexibility index (Phi) is 10.1. The Hall–Kier alpha value is -4.20. The number of benzene rings is 1. The van der Waals surface area contributed by atoms with E-state index in [0.717, 1.165) is 13.0 Å². The van der Waals surface area contributed by atoms with Crippen molar-refractivity contribution in [2.45, 2.75) is 30.1 Å². The lowest BCUT2D eigenvalue weighted by Crippen LogP contribution is -2.42. The smallest absolute Gasteiger partial charge is 0.391 e. The first kappa shape index (κ1) is 33.0. The van der Waals surface area contributed by atoms with Crippen LogP contribution in [-0.2, 0) is 30.6 Å². The molecule has 0 aliphatic carbocycles. The second-order valence-corrected chi connectivity index (χ2v) is 9.82. The number of carbonyl (C=O) groups excluding carboxylic acids is 2. The summed E-state index contributed by atoms with van der Waals surface area (Å²) in [5, 5.41) is 4.76. The largest absolute Gasteiger partial charge is 0.493 e. The number of halogens is 7. The molecular formula is C20H19ClF6N6O7S. The molecule has 1 atom stereocenters. The van der Waals surface area contributed by atoms with Crippen LogP contribution in [0.4, 0.5) is 32.0 Å². The number of oxime groups is 1.